The van der Waals surface area contributed by atoms with Crippen molar-refractivity contribution in [2.24, 2.45) is 0 Å². The fraction of sp³-hybridized carbons (Fsp3) is 0.133. The average molecular weight is 343 g/mol. The fourth-order valence-electron chi connectivity index (χ4n) is 1.84. The molecule has 2 rings (SSSR count). The highest BCUT2D eigenvalue weighted by molar-refractivity contribution is 7.83. The van der Waals surface area contributed by atoms with Gasteiger partial charge < -0.3 is 5.11 Å². The van der Waals surface area contributed by atoms with Crippen molar-refractivity contribution in [1.29, 1.82) is 0 Å². The van der Waals surface area contributed by atoms with Gasteiger partial charge in [0.05, 0.1) is 11.3 Å². The summed E-state index contributed by atoms with van der Waals surface area (Å²) in [5.74, 6) is -0.420. The lowest BCUT2D eigenvalue weighted by molar-refractivity contribution is 0.0696. The SMILES string of the molecule is O=C(O)c1cccc(CS(=O)Cc2ccc(Cl)cc2Cl)c1. The molecule has 0 aliphatic carbocycles. The molecule has 1 unspecified atom stereocenters. The summed E-state index contributed by atoms with van der Waals surface area (Å²) < 4.78 is 12.2. The van der Waals surface area contributed by atoms with Gasteiger partial charge in [0, 0.05) is 26.6 Å². The number of aromatic carboxylic acids is 1. The maximum Gasteiger partial charge on any atom is 0.335 e. The first-order valence-corrected chi connectivity index (χ1v) is 8.31. The molecule has 2 aromatic rings. The Bertz CT molecular complexity index is 701. The second-order valence-electron chi connectivity index (χ2n) is 4.47. The minimum atomic E-state index is -1.18. The first-order chi connectivity index (χ1) is 9.95. The summed E-state index contributed by atoms with van der Waals surface area (Å²) >= 11 is 11.9. The highest BCUT2D eigenvalue weighted by Gasteiger charge is 2.09. The van der Waals surface area contributed by atoms with Crippen LogP contribution in [0, 0.1) is 0 Å². The van der Waals surface area contributed by atoms with Crippen LogP contribution in [-0.4, -0.2) is 15.3 Å². The molecule has 0 radical (unpaired) electrons. The Morgan fingerprint density at radius 3 is 2.52 bits per heavy atom. The van der Waals surface area contributed by atoms with E-state index in [2.05, 4.69) is 0 Å². The minimum absolute atomic E-state index is 0.189. The number of hydrogen-bond donors (Lipinski definition) is 1. The zero-order chi connectivity index (χ0) is 15.4. The van der Waals surface area contributed by atoms with E-state index < -0.39 is 16.8 Å². The van der Waals surface area contributed by atoms with Gasteiger partial charge in [-0.3, -0.25) is 4.21 Å². The molecule has 110 valence electrons. The van der Waals surface area contributed by atoms with E-state index in [4.69, 9.17) is 28.3 Å². The number of carboxylic acids is 1. The van der Waals surface area contributed by atoms with Crippen molar-refractivity contribution in [2.45, 2.75) is 11.5 Å². The Morgan fingerprint density at radius 1 is 1.10 bits per heavy atom. The van der Waals surface area contributed by atoms with Gasteiger partial charge >= 0.3 is 5.97 Å². The lowest BCUT2D eigenvalue weighted by Gasteiger charge is -2.06. The molecule has 3 nitrogen and oxygen atoms in total. The van der Waals surface area contributed by atoms with Gasteiger partial charge in [-0.25, -0.2) is 4.79 Å². The second kappa shape index (κ2) is 7.07. The highest BCUT2D eigenvalue weighted by Crippen LogP contribution is 2.23. The van der Waals surface area contributed by atoms with Gasteiger partial charge in [0.15, 0.2) is 0 Å². The molecule has 1 atom stereocenters. The summed E-state index contributed by atoms with van der Waals surface area (Å²) in [6, 6.07) is 11.5. The van der Waals surface area contributed by atoms with Crippen LogP contribution in [0.15, 0.2) is 42.5 Å². The highest BCUT2D eigenvalue weighted by atomic mass is 35.5. The number of carbonyl (C=O) groups is 1. The topological polar surface area (TPSA) is 54.4 Å². The summed E-state index contributed by atoms with van der Waals surface area (Å²) in [4.78, 5) is 10.9. The summed E-state index contributed by atoms with van der Waals surface area (Å²) in [7, 11) is -1.18. The van der Waals surface area contributed by atoms with Crippen LogP contribution in [-0.2, 0) is 22.3 Å². The standard InChI is InChI=1S/C15H12Cl2O3S/c16-13-5-4-12(14(17)7-13)9-21(20)8-10-2-1-3-11(6-10)15(18)19/h1-7H,8-9H2,(H,18,19). The van der Waals surface area contributed by atoms with E-state index in [1.54, 1.807) is 30.3 Å². The molecular formula is C15H12Cl2O3S. The Kier molecular flexibility index (Phi) is 5.39. The van der Waals surface area contributed by atoms with Crippen LogP contribution in [0.2, 0.25) is 10.0 Å². The monoisotopic (exact) mass is 342 g/mol. The largest absolute Gasteiger partial charge is 0.478 e. The molecule has 0 aromatic heterocycles. The van der Waals surface area contributed by atoms with E-state index in [0.29, 0.717) is 15.8 Å². The number of carboxylic acid groups (broad SMARTS) is 1. The average Bonchev–Trinajstić information content (AvgIpc) is 2.42. The van der Waals surface area contributed by atoms with Crippen molar-refractivity contribution >= 4 is 40.0 Å². The third kappa shape index (κ3) is 4.56. The Balaban J connectivity index is 2.08. The molecule has 0 bridgehead atoms. The fourth-order valence-corrected chi connectivity index (χ4v) is 3.65. The Hall–Kier alpha value is -1.36. The molecule has 0 saturated carbocycles. The van der Waals surface area contributed by atoms with Crippen molar-refractivity contribution < 1.29 is 14.1 Å². The summed E-state index contributed by atoms with van der Waals surface area (Å²) in [5, 5.41) is 9.95. The molecule has 2 aromatic carbocycles. The number of rotatable bonds is 5. The molecule has 0 fully saturated rings. The number of halogens is 2. The molecule has 21 heavy (non-hydrogen) atoms. The van der Waals surface area contributed by atoms with Crippen LogP contribution in [0.5, 0.6) is 0 Å². The lowest BCUT2D eigenvalue weighted by atomic mass is 10.1. The zero-order valence-corrected chi connectivity index (χ0v) is 13.2. The third-order valence-corrected chi connectivity index (χ3v) is 4.71. The molecule has 0 saturated heterocycles. The predicted molar refractivity (Wildman–Crippen MR) is 85.4 cm³/mol. The van der Waals surface area contributed by atoms with E-state index in [-0.39, 0.29) is 11.3 Å². The van der Waals surface area contributed by atoms with E-state index >= 15 is 0 Å². The number of hydrogen-bond acceptors (Lipinski definition) is 2. The number of benzene rings is 2. The molecule has 1 N–H and O–H groups in total. The van der Waals surface area contributed by atoms with Crippen LogP contribution in [0.25, 0.3) is 0 Å². The smallest absolute Gasteiger partial charge is 0.335 e. The Morgan fingerprint density at radius 2 is 1.86 bits per heavy atom. The first-order valence-electron chi connectivity index (χ1n) is 6.07. The first kappa shape index (κ1) is 16.0. The zero-order valence-electron chi connectivity index (χ0n) is 10.9. The van der Waals surface area contributed by atoms with Gasteiger partial charge in [0.1, 0.15) is 0 Å². The van der Waals surface area contributed by atoms with E-state index in [1.807, 2.05) is 0 Å². The quantitative estimate of drug-likeness (QED) is 0.888. The van der Waals surface area contributed by atoms with Crippen molar-refractivity contribution in [2.75, 3.05) is 0 Å². The molecule has 0 spiro atoms. The van der Waals surface area contributed by atoms with Crippen LogP contribution >= 0.6 is 23.2 Å². The minimum Gasteiger partial charge on any atom is -0.478 e. The van der Waals surface area contributed by atoms with E-state index in [0.717, 1.165) is 11.1 Å². The molecule has 6 heteroatoms. The predicted octanol–water partition coefficient (Wildman–Crippen LogP) is 4.14. The van der Waals surface area contributed by atoms with Gasteiger partial charge in [0.25, 0.3) is 0 Å². The molecule has 0 aliphatic rings. The van der Waals surface area contributed by atoms with Crippen LogP contribution in [0.1, 0.15) is 21.5 Å². The van der Waals surface area contributed by atoms with Crippen LogP contribution < -0.4 is 0 Å². The maximum atomic E-state index is 12.2. The second-order valence-corrected chi connectivity index (χ2v) is 6.77. The van der Waals surface area contributed by atoms with Crippen LogP contribution in [0.3, 0.4) is 0 Å². The third-order valence-electron chi connectivity index (χ3n) is 2.83. The van der Waals surface area contributed by atoms with Crippen LogP contribution in [0.4, 0.5) is 0 Å². The lowest BCUT2D eigenvalue weighted by Crippen LogP contribution is -2.02. The molecule has 0 amide bonds. The summed E-state index contributed by atoms with van der Waals surface area (Å²) in [5.41, 5.74) is 1.67. The normalized spacial score (nSPS) is 12.1. The molecule has 0 heterocycles. The van der Waals surface area contributed by atoms with Gasteiger partial charge in [-0.1, -0.05) is 41.4 Å². The van der Waals surface area contributed by atoms with E-state index in [9.17, 15) is 9.00 Å². The van der Waals surface area contributed by atoms with Crippen molar-refractivity contribution in [1.82, 2.24) is 0 Å². The Labute approximate surface area is 135 Å². The van der Waals surface area contributed by atoms with Crippen molar-refractivity contribution in [3.63, 3.8) is 0 Å². The van der Waals surface area contributed by atoms with Gasteiger partial charge in [-0.2, -0.15) is 0 Å². The molecular weight excluding hydrogens is 331 g/mol. The molecule has 0 aliphatic heterocycles. The van der Waals surface area contributed by atoms with E-state index in [1.165, 1.54) is 12.1 Å². The summed E-state index contributed by atoms with van der Waals surface area (Å²) in [6.07, 6.45) is 0. The summed E-state index contributed by atoms with van der Waals surface area (Å²) in [6.45, 7) is 0. The van der Waals surface area contributed by atoms with Crippen molar-refractivity contribution in [3.8, 4) is 0 Å². The van der Waals surface area contributed by atoms with Gasteiger partial charge in [-0.05, 0) is 35.4 Å². The maximum absolute atomic E-state index is 12.2. The van der Waals surface area contributed by atoms with Crippen molar-refractivity contribution in [3.05, 3.63) is 69.2 Å². The van der Waals surface area contributed by atoms with Gasteiger partial charge in [-0.15, -0.1) is 0 Å². The van der Waals surface area contributed by atoms with Gasteiger partial charge in [0.2, 0.25) is 0 Å².